The van der Waals surface area contributed by atoms with E-state index >= 15 is 0 Å². The highest BCUT2D eigenvalue weighted by atomic mass is 32.2. The average Bonchev–Trinajstić information content (AvgIpc) is 2.45. The highest BCUT2D eigenvalue weighted by Gasteiger charge is 2.26. The lowest BCUT2D eigenvalue weighted by Crippen LogP contribution is -2.32. The molecule has 5 nitrogen and oxygen atoms in total. The van der Waals surface area contributed by atoms with Gasteiger partial charge in [0.25, 0.3) is 0 Å². The van der Waals surface area contributed by atoms with E-state index in [9.17, 15) is 12.8 Å². The van der Waals surface area contributed by atoms with Crippen LogP contribution in [0.3, 0.4) is 0 Å². The second-order valence-electron chi connectivity index (χ2n) is 4.01. The lowest BCUT2D eigenvalue weighted by molar-refractivity contribution is 0.350. The molecule has 0 aliphatic heterocycles. The molecule has 21 heavy (non-hydrogen) atoms. The number of hydrogen-bond acceptors (Lipinski definition) is 4. The van der Waals surface area contributed by atoms with Gasteiger partial charge in [-0.05, 0) is 18.2 Å². The van der Waals surface area contributed by atoms with Gasteiger partial charge in [-0.1, -0.05) is 18.8 Å². The van der Waals surface area contributed by atoms with E-state index in [4.69, 9.17) is 10.4 Å². The van der Waals surface area contributed by atoms with Crippen LogP contribution in [-0.2, 0) is 10.0 Å². The van der Waals surface area contributed by atoms with E-state index < -0.39 is 20.7 Å². The normalized spacial score (nSPS) is 10.8. The van der Waals surface area contributed by atoms with Crippen molar-refractivity contribution in [2.75, 3.05) is 19.7 Å². The smallest absolute Gasteiger partial charge is 0.246 e. The Kier molecular flexibility index (Phi) is 6.32. The van der Waals surface area contributed by atoms with Crippen molar-refractivity contribution in [2.45, 2.75) is 18.2 Å². The molecule has 0 spiro atoms. The number of aliphatic hydroxyl groups is 1. The zero-order valence-corrected chi connectivity index (χ0v) is 12.3. The van der Waals surface area contributed by atoms with Crippen molar-refractivity contribution in [1.29, 1.82) is 5.26 Å². The molecule has 0 aliphatic rings. The van der Waals surface area contributed by atoms with Gasteiger partial charge in [-0.15, -0.1) is 0 Å². The van der Waals surface area contributed by atoms with Crippen molar-refractivity contribution in [3.05, 3.63) is 29.6 Å². The predicted octanol–water partition coefficient (Wildman–Crippen LogP) is 1.09. The predicted molar refractivity (Wildman–Crippen MR) is 75.0 cm³/mol. The maximum atomic E-state index is 14.0. The van der Waals surface area contributed by atoms with Crippen LogP contribution in [0.4, 0.5) is 4.39 Å². The summed E-state index contributed by atoms with van der Waals surface area (Å²) >= 11 is 0. The number of benzene rings is 1. The first kappa shape index (κ1) is 17.1. The fourth-order valence-electron chi connectivity index (χ4n) is 1.69. The minimum Gasteiger partial charge on any atom is -0.384 e. The average molecular weight is 310 g/mol. The summed E-state index contributed by atoms with van der Waals surface area (Å²) in [6, 6.07) is 5.38. The van der Waals surface area contributed by atoms with Gasteiger partial charge < -0.3 is 5.11 Å². The third-order valence-electron chi connectivity index (χ3n) is 2.69. The number of nitriles is 1. The molecule has 0 heterocycles. The van der Waals surface area contributed by atoms with E-state index in [1.165, 1.54) is 6.07 Å². The summed E-state index contributed by atoms with van der Waals surface area (Å²) in [5, 5.41) is 17.1. The van der Waals surface area contributed by atoms with Crippen LogP contribution in [0.1, 0.15) is 18.9 Å². The Morgan fingerprint density at radius 2 is 2.14 bits per heavy atom. The minimum absolute atomic E-state index is 0.0147. The van der Waals surface area contributed by atoms with E-state index in [-0.39, 0.29) is 31.7 Å². The Morgan fingerprint density at radius 1 is 1.43 bits per heavy atom. The van der Waals surface area contributed by atoms with Crippen molar-refractivity contribution in [3.63, 3.8) is 0 Å². The summed E-state index contributed by atoms with van der Waals surface area (Å²) in [5.41, 5.74) is 0.278. The molecular weight excluding hydrogens is 295 g/mol. The Balaban J connectivity index is 3.17. The second-order valence-corrected chi connectivity index (χ2v) is 5.92. The number of rotatable bonds is 5. The van der Waals surface area contributed by atoms with Crippen molar-refractivity contribution in [3.8, 4) is 17.9 Å². The Labute approximate surface area is 123 Å². The van der Waals surface area contributed by atoms with Crippen LogP contribution < -0.4 is 0 Å². The lowest BCUT2D eigenvalue weighted by Gasteiger charge is -2.19. The van der Waals surface area contributed by atoms with Crippen molar-refractivity contribution >= 4 is 10.0 Å². The van der Waals surface area contributed by atoms with Crippen molar-refractivity contribution < 1.29 is 17.9 Å². The number of hydrogen-bond donors (Lipinski definition) is 1. The fourth-order valence-corrected chi connectivity index (χ4v) is 3.19. The van der Waals surface area contributed by atoms with Crippen molar-refractivity contribution in [1.82, 2.24) is 4.31 Å². The van der Waals surface area contributed by atoms with Gasteiger partial charge in [-0.25, -0.2) is 12.8 Å². The van der Waals surface area contributed by atoms with Gasteiger partial charge >= 0.3 is 0 Å². The molecule has 7 heteroatoms. The number of halogens is 1. The van der Waals surface area contributed by atoms with Gasteiger partial charge in [0.05, 0.1) is 6.07 Å². The Morgan fingerprint density at radius 3 is 2.67 bits per heavy atom. The molecule has 0 unspecified atom stereocenters. The molecule has 1 aromatic rings. The highest BCUT2D eigenvalue weighted by Crippen LogP contribution is 2.20. The molecule has 1 N–H and O–H groups in total. The maximum Gasteiger partial charge on any atom is 0.246 e. The molecule has 0 bridgehead atoms. The molecular formula is C14H15FN2O3S. The molecule has 1 rings (SSSR count). The highest BCUT2D eigenvalue weighted by molar-refractivity contribution is 7.89. The molecule has 112 valence electrons. The molecule has 1 aromatic carbocycles. The van der Waals surface area contributed by atoms with Gasteiger partial charge in [0.2, 0.25) is 10.0 Å². The molecule has 0 saturated carbocycles. The molecule has 0 atom stereocenters. The zero-order chi connectivity index (χ0) is 15.9. The maximum absolute atomic E-state index is 14.0. The first-order valence-corrected chi connectivity index (χ1v) is 7.67. The van der Waals surface area contributed by atoms with E-state index in [0.717, 1.165) is 16.4 Å². The second kappa shape index (κ2) is 7.75. The van der Waals surface area contributed by atoms with Crippen LogP contribution in [0.25, 0.3) is 0 Å². The van der Waals surface area contributed by atoms with Crippen LogP contribution in [0.15, 0.2) is 23.1 Å². The lowest BCUT2D eigenvalue weighted by atomic mass is 10.2. The number of aliphatic hydroxyl groups excluding tert-OH is 1. The first-order chi connectivity index (χ1) is 9.97. The molecule has 0 aliphatic carbocycles. The van der Waals surface area contributed by atoms with E-state index in [1.807, 2.05) is 6.07 Å². The van der Waals surface area contributed by atoms with E-state index in [2.05, 4.69) is 11.8 Å². The summed E-state index contributed by atoms with van der Waals surface area (Å²) in [4.78, 5) is -0.447. The summed E-state index contributed by atoms with van der Waals surface area (Å²) < 4.78 is 39.7. The van der Waals surface area contributed by atoms with E-state index in [0.29, 0.717) is 0 Å². The molecule has 0 saturated heterocycles. The van der Waals surface area contributed by atoms with Gasteiger partial charge in [-0.3, -0.25) is 0 Å². The zero-order valence-electron chi connectivity index (χ0n) is 11.5. The Hall–Kier alpha value is -1.93. The summed E-state index contributed by atoms with van der Waals surface area (Å²) in [7, 11) is -3.98. The van der Waals surface area contributed by atoms with Gasteiger partial charge in [0.1, 0.15) is 17.3 Å². The number of sulfonamides is 1. The monoisotopic (exact) mass is 310 g/mol. The fraction of sp³-hybridized carbons (Fsp3) is 0.357. The Bertz CT molecular complexity index is 699. The van der Waals surface area contributed by atoms with Gasteiger partial charge in [0, 0.05) is 25.1 Å². The standard InChI is InChI=1S/C14H15FN2O3S/c1-2-17(9-4-8-16)21(19,20)14-7-6-12(5-3-10-18)11-13(14)15/h6-7,11,18H,2,4,9-10H2,1H3. The van der Waals surface area contributed by atoms with Crippen LogP contribution in [0.2, 0.25) is 0 Å². The van der Waals surface area contributed by atoms with Crippen LogP contribution in [-0.4, -0.2) is 37.5 Å². The van der Waals surface area contributed by atoms with E-state index in [1.54, 1.807) is 6.92 Å². The minimum atomic E-state index is -3.98. The van der Waals surface area contributed by atoms with Crippen LogP contribution in [0.5, 0.6) is 0 Å². The summed E-state index contributed by atoms with van der Waals surface area (Å²) in [6.07, 6.45) is 0.0365. The molecule has 0 radical (unpaired) electrons. The quantitative estimate of drug-likeness (QED) is 0.826. The van der Waals surface area contributed by atoms with Crippen LogP contribution >= 0.6 is 0 Å². The topological polar surface area (TPSA) is 81.4 Å². The SMILES string of the molecule is CCN(CCC#N)S(=O)(=O)c1ccc(C#CCO)cc1F. The molecule has 0 fully saturated rings. The summed E-state index contributed by atoms with van der Waals surface area (Å²) in [6.45, 7) is 1.42. The van der Waals surface area contributed by atoms with Gasteiger partial charge in [0.15, 0.2) is 0 Å². The summed E-state index contributed by atoms with van der Waals surface area (Å²) in [5.74, 6) is 3.95. The first-order valence-electron chi connectivity index (χ1n) is 6.23. The third-order valence-corrected chi connectivity index (χ3v) is 4.69. The molecule has 0 amide bonds. The largest absolute Gasteiger partial charge is 0.384 e. The number of nitrogens with zero attached hydrogens (tertiary/aromatic N) is 2. The van der Waals surface area contributed by atoms with Crippen LogP contribution in [0, 0.1) is 29.0 Å². The third kappa shape index (κ3) is 4.27. The van der Waals surface area contributed by atoms with Crippen molar-refractivity contribution in [2.24, 2.45) is 0 Å². The molecule has 0 aromatic heterocycles. The van der Waals surface area contributed by atoms with Gasteiger partial charge in [-0.2, -0.15) is 9.57 Å².